The van der Waals surface area contributed by atoms with Gasteiger partial charge in [0, 0.05) is 15.9 Å². The minimum absolute atomic E-state index is 0.233. The molecule has 19 heavy (non-hydrogen) atoms. The molecule has 0 aliphatic rings. The van der Waals surface area contributed by atoms with Gasteiger partial charge in [-0.1, -0.05) is 6.92 Å². The highest BCUT2D eigenvalue weighted by Gasteiger charge is 2.10. The van der Waals surface area contributed by atoms with E-state index in [2.05, 4.69) is 26.6 Å². The van der Waals surface area contributed by atoms with E-state index in [4.69, 9.17) is 5.11 Å². The van der Waals surface area contributed by atoms with Gasteiger partial charge >= 0.3 is 12.0 Å². The van der Waals surface area contributed by atoms with E-state index in [1.807, 2.05) is 11.4 Å². The van der Waals surface area contributed by atoms with Crippen molar-refractivity contribution in [3.8, 4) is 0 Å². The van der Waals surface area contributed by atoms with Crippen molar-refractivity contribution >= 4 is 39.3 Å². The maximum Gasteiger partial charge on any atom is 0.315 e. The second kappa shape index (κ2) is 8.16. The Balaban J connectivity index is 2.12. The van der Waals surface area contributed by atoms with E-state index in [0.717, 1.165) is 9.35 Å². The molecule has 106 valence electrons. The summed E-state index contributed by atoms with van der Waals surface area (Å²) < 4.78 is 0.994. The molecule has 1 atom stereocenters. The Morgan fingerprint density at radius 2 is 2.21 bits per heavy atom. The molecule has 2 amide bonds. The minimum atomic E-state index is -0.799. The monoisotopic (exact) mass is 348 g/mol. The number of rotatable bonds is 7. The summed E-state index contributed by atoms with van der Waals surface area (Å²) in [5.41, 5.74) is 0. The quantitative estimate of drug-likeness (QED) is 0.663. The summed E-state index contributed by atoms with van der Waals surface area (Å²) in [5, 5.41) is 16.1. The SMILES string of the molecule is CC(CCCNC(=O)NCc1sccc1Br)C(=O)O. The fourth-order valence-electron chi connectivity index (χ4n) is 1.41. The summed E-state index contributed by atoms with van der Waals surface area (Å²) in [5.74, 6) is -1.17. The van der Waals surface area contributed by atoms with Crippen LogP contribution in [0.1, 0.15) is 24.6 Å². The maximum atomic E-state index is 11.5. The first-order chi connectivity index (χ1) is 9.00. The summed E-state index contributed by atoms with van der Waals surface area (Å²) >= 11 is 4.97. The zero-order chi connectivity index (χ0) is 14.3. The van der Waals surface area contributed by atoms with Gasteiger partial charge in [0.05, 0.1) is 12.5 Å². The first kappa shape index (κ1) is 16.0. The summed E-state index contributed by atoms with van der Waals surface area (Å²) in [6.07, 6.45) is 1.22. The van der Waals surface area contributed by atoms with Crippen LogP contribution in [0.25, 0.3) is 0 Å². The van der Waals surface area contributed by atoms with Crippen molar-refractivity contribution in [1.82, 2.24) is 10.6 Å². The summed E-state index contributed by atoms with van der Waals surface area (Å²) in [6.45, 7) is 2.63. The summed E-state index contributed by atoms with van der Waals surface area (Å²) in [4.78, 5) is 23.1. The van der Waals surface area contributed by atoms with Gasteiger partial charge < -0.3 is 15.7 Å². The first-order valence-corrected chi connectivity index (χ1v) is 7.64. The topological polar surface area (TPSA) is 78.4 Å². The van der Waals surface area contributed by atoms with Crippen LogP contribution in [0.3, 0.4) is 0 Å². The van der Waals surface area contributed by atoms with Gasteiger partial charge in [0.25, 0.3) is 0 Å². The Labute approximate surface area is 124 Å². The van der Waals surface area contributed by atoms with Crippen LogP contribution in [0.15, 0.2) is 15.9 Å². The van der Waals surface area contributed by atoms with Gasteiger partial charge in [-0.2, -0.15) is 0 Å². The molecule has 0 spiro atoms. The number of amides is 2. The van der Waals surface area contributed by atoms with E-state index in [0.29, 0.717) is 25.9 Å². The Kier molecular flexibility index (Phi) is 6.86. The average Bonchev–Trinajstić information content (AvgIpc) is 2.77. The maximum absolute atomic E-state index is 11.5. The van der Waals surface area contributed by atoms with Crippen LogP contribution < -0.4 is 10.6 Å². The number of carbonyl (C=O) groups is 2. The molecule has 0 fully saturated rings. The Morgan fingerprint density at radius 3 is 2.79 bits per heavy atom. The van der Waals surface area contributed by atoms with Crippen molar-refractivity contribution in [3.05, 3.63) is 20.8 Å². The lowest BCUT2D eigenvalue weighted by Gasteiger charge is -2.08. The number of thiophene rings is 1. The molecule has 0 aliphatic carbocycles. The molecule has 0 saturated heterocycles. The predicted octanol–water partition coefficient (Wildman–Crippen LogP) is 2.81. The average molecular weight is 349 g/mol. The Morgan fingerprint density at radius 1 is 1.47 bits per heavy atom. The molecule has 0 bridgehead atoms. The first-order valence-electron chi connectivity index (χ1n) is 5.97. The standard InChI is InChI=1S/C12H17BrN2O3S/c1-8(11(16)17)3-2-5-14-12(18)15-7-10-9(13)4-6-19-10/h4,6,8H,2-3,5,7H2,1H3,(H,16,17)(H2,14,15,18). The summed E-state index contributed by atoms with van der Waals surface area (Å²) in [6, 6.07) is 1.70. The van der Waals surface area contributed by atoms with Crippen LogP contribution >= 0.6 is 27.3 Å². The lowest BCUT2D eigenvalue weighted by molar-refractivity contribution is -0.141. The lowest BCUT2D eigenvalue weighted by Crippen LogP contribution is -2.35. The molecule has 3 N–H and O–H groups in total. The lowest BCUT2D eigenvalue weighted by atomic mass is 10.1. The van der Waals surface area contributed by atoms with Crippen molar-refractivity contribution in [2.24, 2.45) is 5.92 Å². The normalized spacial score (nSPS) is 11.9. The van der Waals surface area contributed by atoms with Crippen LogP contribution in [-0.2, 0) is 11.3 Å². The molecule has 0 aromatic carbocycles. The van der Waals surface area contributed by atoms with E-state index < -0.39 is 5.97 Å². The van der Waals surface area contributed by atoms with Gasteiger partial charge in [0.15, 0.2) is 0 Å². The third-order valence-corrected chi connectivity index (χ3v) is 4.55. The zero-order valence-corrected chi connectivity index (χ0v) is 13.0. The number of halogens is 1. The third-order valence-electron chi connectivity index (χ3n) is 2.62. The van der Waals surface area contributed by atoms with Crippen LogP contribution in [-0.4, -0.2) is 23.7 Å². The van der Waals surface area contributed by atoms with E-state index >= 15 is 0 Å². The molecule has 5 nitrogen and oxygen atoms in total. The van der Waals surface area contributed by atoms with Crippen molar-refractivity contribution in [3.63, 3.8) is 0 Å². The number of aliphatic carboxylic acids is 1. The minimum Gasteiger partial charge on any atom is -0.481 e. The third kappa shape index (κ3) is 6.07. The smallest absolute Gasteiger partial charge is 0.315 e. The fourth-order valence-corrected chi connectivity index (χ4v) is 2.84. The van der Waals surface area contributed by atoms with Crippen molar-refractivity contribution in [2.45, 2.75) is 26.3 Å². The summed E-state index contributed by atoms with van der Waals surface area (Å²) in [7, 11) is 0. The molecular weight excluding hydrogens is 332 g/mol. The van der Waals surface area contributed by atoms with Gasteiger partial charge in [-0.3, -0.25) is 4.79 Å². The molecule has 1 rings (SSSR count). The van der Waals surface area contributed by atoms with Crippen LogP contribution in [0.5, 0.6) is 0 Å². The van der Waals surface area contributed by atoms with E-state index in [-0.39, 0.29) is 11.9 Å². The molecule has 0 saturated carbocycles. The highest BCUT2D eigenvalue weighted by molar-refractivity contribution is 9.10. The van der Waals surface area contributed by atoms with E-state index in [1.54, 1.807) is 18.3 Å². The molecule has 1 aromatic rings. The van der Waals surface area contributed by atoms with Gasteiger partial charge in [-0.25, -0.2) is 4.79 Å². The van der Waals surface area contributed by atoms with Crippen LogP contribution in [0.4, 0.5) is 4.79 Å². The van der Waals surface area contributed by atoms with Crippen molar-refractivity contribution in [1.29, 1.82) is 0 Å². The number of hydrogen-bond donors (Lipinski definition) is 3. The van der Waals surface area contributed by atoms with Gasteiger partial charge in [-0.05, 0) is 40.2 Å². The zero-order valence-electron chi connectivity index (χ0n) is 10.6. The number of hydrogen-bond acceptors (Lipinski definition) is 3. The Hall–Kier alpha value is -1.08. The molecule has 7 heteroatoms. The van der Waals surface area contributed by atoms with Gasteiger partial charge in [0.2, 0.25) is 0 Å². The van der Waals surface area contributed by atoms with E-state index in [9.17, 15) is 9.59 Å². The second-order valence-electron chi connectivity index (χ2n) is 4.18. The number of carbonyl (C=O) groups excluding carboxylic acids is 1. The molecule has 1 unspecified atom stereocenters. The van der Waals surface area contributed by atoms with Crippen molar-refractivity contribution < 1.29 is 14.7 Å². The molecule has 0 radical (unpaired) electrons. The highest BCUT2D eigenvalue weighted by atomic mass is 79.9. The second-order valence-corrected chi connectivity index (χ2v) is 6.04. The highest BCUT2D eigenvalue weighted by Crippen LogP contribution is 2.21. The molecular formula is C12H17BrN2O3S. The Bertz CT molecular complexity index is 436. The number of urea groups is 1. The predicted molar refractivity (Wildman–Crippen MR) is 78.3 cm³/mol. The largest absolute Gasteiger partial charge is 0.481 e. The number of carboxylic acids is 1. The van der Waals surface area contributed by atoms with Crippen molar-refractivity contribution in [2.75, 3.05) is 6.54 Å². The van der Waals surface area contributed by atoms with Gasteiger partial charge in [-0.15, -0.1) is 11.3 Å². The number of carboxylic acid groups (broad SMARTS) is 1. The van der Waals surface area contributed by atoms with Crippen LogP contribution in [0, 0.1) is 5.92 Å². The van der Waals surface area contributed by atoms with Gasteiger partial charge in [0.1, 0.15) is 0 Å². The fraction of sp³-hybridized carbons (Fsp3) is 0.500. The molecule has 1 heterocycles. The molecule has 0 aliphatic heterocycles. The number of nitrogens with one attached hydrogen (secondary N) is 2. The molecule has 1 aromatic heterocycles. The van der Waals surface area contributed by atoms with E-state index in [1.165, 1.54) is 0 Å². The van der Waals surface area contributed by atoms with Crippen LogP contribution in [0.2, 0.25) is 0 Å².